The summed E-state index contributed by atoms with van der Waals surface area (Å²) in [5.41, 5.74) is 4.95. The van der Waals surface area contributed by atoms with Crippen molar-refractivity contribution in [1.82, 2.24) is 24.6 Å². The fourth-order valence-electron chi connectivity index (χ4n) is 3.69. The molecule has 0 bridgehead atoms. The van der Waals surface area contributed by atoms with Crippen molar-refractivity contribution in [2.45, 2.75) is 31.7 Å². The monoisotopic (exact) mass is 344 g/mol. The van der Waals surface area contributed by atoms with E-state index in [1.54, 1.807) is 0 Å². The molecule has 0 radical (unpaired) electrons. The van der Waals surface area contributed by atoms with Gasteiger partial charge in [-0.05, 0) is 37.1 Å². The molecule has 6 heteroatoms. The number of nitrogens with zero attached hydrogens (tertiary/aromatic N) is 4. The quantitative estimate of drug-likeness (QED) is 0.584. The molecule has 0 amide bonds. The van der Waals surface area contributed by atoms with Gasteiger partial charge in [-0.25, -0.2) is 9.97 Å². The maximum Gasteiger partial charge on any atom is 0.137 e. The first-order valence-corrected chi connectivity index (χ1v) is 9.07. The van der Waals surface area contributed by atoms with E-state index in [4.69, 9.17) is 4.98 Å². The maximum atomic E-state index is 4.83. The lowest BCUT2D eigenvalue weighted by Crippen LogP contribution is -2.15. The van der Waals surface area contributed by atoms with Gasteiger partial charge in [-0.15, -0.1) is 0 Å². The lowest BCUT2D eigenvalue weighted by molar-refractivity contribution is 0.751. The number of nitrogens with one attached hydrogen (secondary N) is 2. The smallest absolute Gasteiger partial charge is 0.137 e. The lowest BCUT2D eigenvalue weighted by atomic mass is 10.1. The van der Waals surface area contributed by atoms with E-state index in [9.17, 15) is 0 Å². The van der Waals surface area contributed by atoms with Crippen LogP contribution in [-0.2, 0) is 0 Å². The van der Waals surface area contributed by atoms with Crippen LogP contribution in [0.5, 0.6) is 0 Å². The number of pyridine rings is 2. The van der Waals surface area contributed by atoms with Crippen LogP contribution in [0, 0.1) is 0 Å². The molecule has 1 aliphatic rings. The Morgan fingerprint density at radius 1 is 1.04 bits per heavy atom. The zero-order chi connectivity index (χ0) is 17.3. The van der Waals surface area contributed by atoms with E-state index >= 15 is 0 Å². The van der Waals surface area contributed by atoms with Crippen molar-refractivity contribution in [2.24, 2.45) is 0 Å². The highest BCUT2D eigenvalue weighted by atomic mass is 15.1. The van der Waals surface area contributed by atoms with Crippen molar-refractivity contribution in [2.75, 3.05) is 5.32 Å². The van der Waals surface area contributed by atoms with Gasteiger partial charge in [0.25, 0.3) is 0 Å². The minimum absolute atomic E-state index is 0.549. The van der Waals surface area contributed by atoms with Gasteiger partial charge in [-0.3, -0.25) is 9.50 Å². The summed E-state index contributed by atoms with van der Waals surface area (Å²) >= 11 is 0. The van der Waals surface area contributed by atoms with E-state index in [1.165, 1.54) is 25.7 Å². The van der Waals surface area contributed by atoms with Crippen molar-refractivity contribution < 1.29 is 0 Å². The molecule has 5 rings (SSSR count). The van der Waals surface area contributed by atoms with Crippen LogP contribution < -0.4 is 5.32 Å². The molecule has 0 unspecified atom stereocenters. The average Bonchev–Trinajstić information content (AvgIpc) is 3.43. The van der Waals surface area contributed by atoms with Gasteiger partial charge in [0.1, 0.15) is 11.5 Å². The van der Waals surface area contributed by atoms with Crippen molar-refractivity contribution in [3.8, 4) is 22.5 Å². The summed E-state index contributed by atoms with van der Waals surface area (Å²) in [7, 11) is 0. The van der Waals surface area contributed by atoms with E-state index in [2.05, 4.69) is 43.2 Å². The van der Waals surface area contributed by atoms with Crippen LogP contribution in [-0.4, -0.2) is 30.6 Å². The second-order valence-electron chi connectivity index (χ2n) is 6.81. The fraction of sp³-hybridized carbons (Fsp3) is 0.250. The SMILES string of the molecule is c1cc(NC2CCCC2)nc(-c2cnc3ccc(-c4cn[nH]c4)cn23)c1. The number of anilines is 1. The van der Waals surface area contributed by atoms with Gasteiger partial charge >= 0.3 is 0 Å². The Balaban J connectivity index is 1.53. The van der Waals surface area contributed by atoms with Gasteiger partial charge in [-0.2, -0.15) is 5.10 Å². The van der Waals surface area contributed by atoms with Crippen molar-refractivity contribution in [1.29, 1.82) is 0 Å². The molecule has 1 saturated carbocycles. The number of hydrogen-bond acceptors (Lipinski definition) is 4. The molecule has 26 heavy (non-hydrogen) atoms. The zero-order valence-electron chi connectivity index (χ0n) is 14.4. The minimum Gasteiger partial charge on any atom is -0.367 e. The van der Waals surface area contributed by atoms with Crippen LogP contribution in [0.15, 0.2) is 55.1 Å². The number of imidazole rings is 1. The Kier molecular flexibility index (Phi) is 3.66. The third-order valence-electron chi connectivity index (χ3n) is 5.06. The Labute approximate surface area is 151 Å². The van der Waals surface area contributed by atoms with E-state index in [1.807, 2.05) is 36.8 Å². The first kappa shape index (κ1) is 15.1. The van der Waals surface area contributed by atoms with Gasteiger partial charge < -0.3 is 5.32 Å². The summed E-state index contributed by atoms with van der Waals surface area (Å²) in [6.07, 6.45) is 12.8. The molecule has 0 saturated heterocycles. The maximum absolute atomic E-state index is 4.83. The molecule has 1 fully saturated rings. The first-order valence-electron chi connectivity index (χ1n) is 9.07. The van der Waals surface area contributed by atoms with Crippen LogP contribution in [0.1, 0.15) is 25.7 Å². The number of aromatic nitrogens is 5. The first-order chi connectivity index (χ1) is 12.9. The topological polar surface area (TPSA) is 70.9 Å². The number of H-pyrrole nitrogens is 1. The molecule has 0 spiro atoms. The molecule has 6 nitrogen and oxygen atoms in total. The Morgan fingerprint density at radius 3 is 2.81 bits per heavy atom. The summed E-state index contributed by atoms with van der Waals surface area (Å²) < 4.78 is 2.09. The van der Waals surface area contributed by atoms with Gasteiger partial charge in [0.05, 0.1) is 23.8 Å². The Bertz CT molecular complexity index is 1030. The molecule has 0 aliphatic heterocycles. The number of fused-ring (bicyclic) bond motifs is 1. The van der Waals surface area contributed by atoms with Crippen LogP contribution in [0.25, 0.3) is 28.2 Å². The van der Waals surface area contributed by atoms with Crippen LogP contribution >= 0.6 is 0 Å². The van der Waals surface area contributed by atoms with Gasteiger partial charge in [0.15, 0.2) is 0 Å². The Hall–Kier alpha value is -3.15. The summed E-state index contributed by atoms with van der Waals surface area (Å²) in [6.45, 7) is 0. The third kappa shape index (κ3) is 2.73. The summed E-state index contributed by atoms with van der Waals surface area (Å²) in [5.74, 6) is 0.940. The van der Waals surface area contributed by atoms with E-state index in [-0.39, 0.29) is 0 Å². The molecular weight excluding hydrogens is 324 g/mol. The third-order valence-corrected chi connectivity index (χ3v) is 5.06. The van der Waals surface area contributed by atoms with Crippen LogP contribution in [0.3, 0.4) is 0 Å². The predicted molar refractivity (Wildman–Crippen MR) is 102 cm³/mol. The van der Waals surface area contributed by atoms with Crippen molar-refractivity contribution in [3.63, 3.8) is 0 Å². The highest BCUT2D eigenvalue weighted by molar-refractivity contribution is 5.67. The number of aromatic amines is 1. The largest absolute Gasteiger partial charge is 0.367 e. The zero-order valence-corrected chi connectivity index (χ0v) is 14.4. The fourth-order valence-corrected chi connectivity index (χ4v) is 3.69. The molecule has 2 N–H and O–H groups in total. The van der Waals surface area contributed by atoms with E-state index in [0.717, 1.165) is 34.0 Å². The normalized spacial score (nSPS) is 14.9. The van der Waals surface area contributed by atoms with Crippen LogP contribution in [0.2, 0.25) is 0 Å². The minimum atomic E-state index is 0.549. The summed E-state index contributed by atoms with van der Waals surface area (Å²) in [5, 5.41) is 10.5. The van der Waals surface area contributed by atoms with Crippen molar-refractivity contribution >= 4 is 11.5 Å². The highest BCUT2D eigenvalue weighted by Gasteiger charge is 2.15. The standard InChI is InChI=1S/C20H20N6/c1-2-5-16(4-1)24-19-7-3-6-17(25-19)18-12-21-20-9-8-14(13-26(18)20)15-10-22-23-11-15/h3,6-13,16H,1-2,4-5H2,(H,22,23)(H,24,25). The number of hydrogen-bond donors (Lipinski definition) is 2. The van der Waals surface area contributed by atoms with Crippen molar-refractivity contribution in [3.05, 3.63) is 55.1 Å². The predicted octanol–water partition coefficient (Wildman–Crippen LogP) is 4.14. The average molecular weight is 344 g/mol. The van der Waals surface area contributed by atoms with Crippen LogP contribution in [0.4, 0.5) is 5.82 Å². The van der Waals surface area contributed by atoms with Gasteiger partial charge in [0.2, 0.25) is 0 Å². The van der Waals surface area contributed by atoms with Gasteiger partial charge in [0, 0.05) is 29.6 Å². The second-order valence-corrected chi connectivity index (χ2v) is 6.81. The summed E-state index contributed by atoms with van der Waals surface area (Å²) in [4.78, 5) is 9.36. The lowest BCUT2D eigenvalue weighted by Gasteiger charge is -2.13. The molecular formula is C20H20N6. The molecule has 0 aromatic carbocycles. The molecule has 130 valence electrons. The van der Waals surface area contributed by atoms with Gasteiger partial charge in [-0.1, -0.05) is 18.9 Å². The van der Waals surface area contributed by atoms with E-state index in [0.29, 0.717) is 6.04 Å². The summed E-state index contributed by atoms with van der Waals surface area (Å²) in [6, 6.07) is 10.8. The second kappa shape index (κ2) is 6.29. The molecule has 4 heterocycles. The molecule has 1 aliphatic carbocycles. The molecule has 4 aromatic heterocycles. The van der Waals surface area contributed by atoms with E-state index < -0.39 is 0 Å². The molecule has 0 atom stereocenters. The highest BCUT2D eigenvalue weighted by Crippen LogP contribution is 2.26. The number of rotatable bonds is 4. The molecule has 4 aromatic rings. The Morgan fingerprint density at radius 2 is 1.96 bits per heavy atom.